The SMILES string of the molecule is COCc1c(C)nc2c(C)cccn12. The van der Waals surface area contributed by atoms with Crippen molar-refractivity contribution in [1.29, 1.82) is 0 Å². The van der Waals surface area contributed by atoms with E-state index in [-0.39, 0.29) is 0 Å². The van der Waals surface area contributed by atoms with Gasteiger partial charge in [0.15, 0.2) is 0 Å². The van der Waals surface area contributed by atoms with Crippen molar-refractivity contribution in [3.05, 3.63) is 35.3 Å². The number of nitrogens with zero attached hydrogens (tertiary/aromatic N) is 2. The van der Waals surface area contributed by atoms with Crippen LogP contribution in [0.15, 0.2) is 18.3 Å². The molecule has 0 saturated heterocycles. The summed E-state index contributed by atoms with van der Waals surface area (Å²) in [5.41, 5.74) is 4.39. The van der Waals surface area contributed by atoms with Crippen molar-refractivity contribution in [3.63, 3.8) is 0 Å². The van der Waals surface area contributed by atoms with Gasteiger partial charge in [0.25, 0.3) is 0 Å². The highest BCUT2D eigenvalue weighted by Gasteiger charge is 2.08. The van der Waals surface area contributed by atoms with Gasteiger partial charge in [-0.05, 0) is 25.5 Å². The molecule has 3 heteroatoms. The third kappa shape index (κ3) is 1.30. The van der Waals surface area contributed by atoms with E-state index in [0.717, 1.165) is 17.0 Å². The van der Waals surface area contributed by atoms with E-state index >= 15 is 0 Å². The van der Waals surface area contributed by atoms with Gasteiger partial charge in [-0.1, -0.05) is 6.07 Å². The van der Waals surface area contributed by atoms with Gasteiger partial charge in [0.1, 0.15) is 5.65 Å². The Bertz CT molecular complexity index is 460. The summed E-state index contributed by atoms with van der Waals surface area (Å²) in [6, 6.07) is 4.10. The number of methoxy groups -OCH3 is 1. The zero-order valence-electron chi connectivity index (χ0n) is 8.74. The molecule has 0 radical (unpaired) electrons. The van der Waals surface area contributed by atoms with Crippen LogP contribution in [0.3, 0.4) is 0 Å². The molecular formula is C11H14N2O. The molecule has 0 aliphatic heterocycles. The second-order valence-corrected chi connectivity index (χ2v) is 3.46. The molecule has 0 spiro atoms. The molecule has 3 nitrogen and oxygen atoms in total. The van der Waals surface area contributed by atoms with Gasteiger partial charge in [-0.15, -0.1) is 0 Å². The van der Waals surface area contributed by atoms with E-state index < -0.39 is 0 Å². The van der Waals surface area contributed by atoms with Crippen molar-refractivity contribution in [2.75, 3.05) is 7.11 Å². The fourth-order valence-electron chi connectivity index (χ4n) is 1.68. The van der Waals surface area contributed by atoms with E-state index in [1.807, 2.05) is 19.2 Å². The van der Waals surface area contributed by atoms with E-state index in [4.69, 9.17) is 4.74 Å². The molecule has 0 N–H and O–H groups in total. The first-order valence-corrected chi connectivity index (χ1v) is 4.66. The van der Waals surface area contributed by atoms with Gasteiger partial charge in [-0.2, -0.15) is 0 Å². The fraction of sp³-hybridized carbons (Fsp3) is 0.364. The minimum atomic E-state index is 0.608. The van der Waals surface area contributed by atoms with E-state index in [1.165, 1.54) is 5.56 Å². The summed E-state index contributed by atoms with van der Waals surface area (Å²) >= 11 is 0. The highest BCUT2D eigenvalue weighted by molar-refractivity contribution is 5.49. The molecule has 0 saturated carbocycles. The van der Waals surface area contributed by atoms with Gasteiger partial charge in [0.2, 0.25) is 0 Å². The predicted molar refractivity (Wildman–Crippen MR) is 55.4 cm³/mol. The molecule has 0 aliphatic rings. The largest absolute Gasteiger partial charge is 0.378 e. The molecule has 2 aromatic heterocycles. The van der Waals surface area contributed by atoms with Crippen molar-refractivity contribution < 1.29 is 4.74 Å². The van der Waals surface area contributed by atoms with Crippen molar-refractivity contribution in [2.45, 2.75) is 20.5 Å². The van der Waals surface area contributed by atoms with Crippen LogP contribution in [0.25, 0.3) is 5.65 Å². The lowest BCUT2D eigenvalue weighted by molar-refractivity contribution is 0.180. The second kappa shape index (κ2) is 3.42. The fourth-order valence-corrected chi connectivity index (χ4v) is 1.68. The number of imidazole rings is 1. The predicted octanol–water partition coefficient (Wildman–Crippen LogP) is 2.10. The lowest BCUT2D eigenvalue weighted by atomic mass is 10.3. The minimum absolute atomic E-state index is 0.608. The van der Waals surface area contributed by atoms with Crippen LogP contribution in [0.2, 0.25) is 0 Å². The van der Waals surface area contributed by atoms with Crippen LogP contribution < -0.4 is 0 Å². The van der Waals surface area contributed by atoms with E-state index in [2.05, 4.69) is 22.4 Å². The Morgan fingerprint density at radius 3 is 2.93 bits per heavy atom. The van der Waals surface area contributed by atoms with Crippen LogP contribution in [0.5, 0.6) is 0 Å². The van der Waals surface area contributed by atoms with Gasteiger partial charge >= 0.3 is 0 Å². The maximum atomic E-state index is 5.15. The third-order valence-corrected chi connectivity index (χ3v) is 2.43. The highest BCUT2D eigenvalue weighted by Crippen LogP contribution is 2.15. The van der Waals surface area contributed by atoms with E-state index in [0.29, 0.717) is 6.61 Å². The summed E-state index contributed by atoms with van der Waals surface area (Å²) in [6.45, 7) is 4.69. The first kappa shape index (κ1) is 9.21. The van der Waals surface area contributed by atoms with Crippen molar-refractivity contribution in [3.8, 4) is 0 Å². The highest BCUT2D eigenvalue weighted by atomic mass is 16.5. The lowest BCUT2D eigenvalue weighted by Crippen LogP contribution is -1.96. The van der Waals surface area contributed by atoms with Crippen LogP contribution in [0, 0.1) is 13.8 Å². The minimum Gasteiger partial charge on any atom is -0.378 e. The summed E-state index contributed by atoms with van der Waals surface area (Å²) in [5.74, 6) is 0. The molecule has 0 bridgehead atoms. The van der Waals surface area contributed by atoms with Gasteiger partial charge in [0, 0.05) is 13.3 Å². The Kier molecular flexibility index (Phi) is 2.25. The summed E-state index contributed by atoms with van der Waals surface area (Å²) in [5, 5.41) is 0. The molecule has 0 aromatic carbocycles. The van der Waals surface area contributed by atoms with E-state index in [1.54, 1.807) is 7.11 Å². The Hall–Kier alpha value is -1.35. The molecule has 0 aliphatic carbocycles. The first-order chi connectivity index (χ1) is 6.74. The summed E-state index contributed by atoms with van der Waals surface area (Å²) in [6.07, 6.45) is 2.02. The number of hydrogen-bond donors (Lipinski definition) is 0. The maximum Gasteiger partial charge on any atom is 0.140 e. The van der Waals surface area contributed by atoms with Crippen LogP contribution in [-0.4, -0.2) is 16.5 Å². The maximum absolute atomic E-state index is 5.15. The average Bonchev–Trinajstić information content (AvgIpc) is 2.47. The molecule has 0 atom stereocenters. The molecule has 0 amide bonds. The molecule has 2 heterocycles. The monoisotopic (exact) mass is 190 g/mol. The number of aryl methyl sites for hydroxylation is 2. The van der Waals surface area contributed by atoms with Crippen LogP contribution in [0.4, 0.5) is 0 Å². The number of hydrogen-bond acceptors (Lipinski definition) is 2. The third-order valence-electron chi connectivity index (χ3n) is 2.43. The number of ether oxygens (including phenoxy) is 1. The van der Waals surface area contributed by atoms with Gasteiger partial charge in [-0.25, -0.2) is 4.98 Å². The van der Waals surface area contributed by atoms with Gasteiger partial charge in [0.05, 0.1) is 18.0 Å². The van der Waals surface area contributed by atoms with Crippen molar-refractivity contribution in [2.24, 2.45) is 0 Å². The summed E-state index contributed by atoms with van der Waals surface area (Å²) < 4.78 is 7.25. The van der Waals surface area contributed by atoms with Gasteiger partial charge < -0.3 is 9.14 Å². The molecule has 2 aromatic rings. The molecule has 14 heavy (non-hydrogen) atoms. The lowest BCUT2D eigenvalue weighted by Gasteiger charge is -2.01. The Morgan fingerprint density at radius 2 is 2.21 bits per heavy atom. The van der Waals surface area contributed by atoms with Crippen LogP contribution >= 0.6 is 0 Å². The van der Waals surface area contributed by atoms with Crippen LogP contribution in [0.1, 0.15) is 17.0 Å². The zero-order valence-corrected chi connectivity index (χ0v) is 8.74. The normalized spacial score (nSPS) is 11.1. The van der Waals surface area contributed by atoms with Crippen LogP contribution in [-0.2, 0) is 11.3 Å². The average molecular weight is 190 g/mol. The van der Waals surface area contributed by atoms with Crippen molar-refractivity contribution in [1.82, 2.24) is 9.38 Å². The Balaban J connectivity index is 2.70. The molecule has 2 rings (SSSR count). The standard InChI is InChI=1S/C11H14N2O/c1-8-5-4-6-13-10(7-14-3)9(2)12-11(8)13/h4-6H,7H2,1-3H3. The Morgan fingerprint density at radius 1 is 1.43 bits per heavy atom. The number of rotatable bonds is 2. The summed E-state index contributed by atoms with van der Waals surface area (Å²) in [4.78, 5) is 4.51. The van der Waals surface area contributed by atoms with Crippen molar-refractivity contribution >= 4 is 5.65 Å². The zero-order chi connectivity index (χ0) is 10.1. The molecule has 74 valence electrons. The number of aromatic nitrogens is 2. The molecule has 0 fully saturated rings. The second-order valence-electron chi connectivity index (χ2n) is 3.46. The molecular weight excluding hydrogens is 176 g/mol. The van der Waals surface area contributed by atoms with Gasteiger partial charge in [-0.3, -0.25) is 0 Å². The molecule has 0 unspecified atom stereocenters. The number of fused-ring (bicyclic) bond motifs is 1. The summed E-state index contributed by atoms with van der Waals surface area (Å²) in [7, 11) is 1.70. The quantitative estimate of drug-likeness (QED) is 0.725. The van der Waals surface area contributed by atoms with E-state index in [9.17, 15) is 0 Å². The smallest absolute Gasteiger partial charge is 0.140 e. The Labute approximate surface area is 83.3 Å². The topological polar surface area (TPSA) is 26.5 Å². The number of pyridine rings is 1. The first-order valence-electron chi connectivity index (χ1n) is 4.66.